The SMILES string of the molecule is CCCn1nc(C(=O)NNC(=O)CCOc2cc(C)ccc2C)c2ccccc2c1=O. The highest BCUT2D eigenvalue weighted by Crippen LogP contribution is 2.19. The van der Waals surface area contributed by atoms with Crippen LogP contribution in [0.3, 0.4) is 0 Å². The number of carbonyl (C=O) groups is 2. The second-order valence-electron chi connectivity index (χ2n) is 7.29. The van der Waals surface area contributed by atoms with E-state index in [4.69, 9.17) is 4.74 Å². The lowest BCUT2D eigenvalue weighted by atomic mass is 10.1. The highest BCUT2D eigenvalue weighted by Gasteiger charge is 2.17. The number of fused-ring (bicyclic) bond motifs is 1. The van der Waals surface area contributed by atoms with Crippen molar-refractivity contribution in [2.75, 3.05) is 6.61 Å². The zero-order chi connectivity index (χ0) is 22.4. The molecule has 2 N–H and O–H groups in total. The molecule has 0 aliphatic rings. The Labute approximate surface area is 180 Å². The van der Waals surface area contributed by atoms with Crippen molar-refractivity contribution in [3.63, 3.8) is 0 Å². The molecule has 2 aromatic carbocycles. The van der Waals surface area contributed by atoms with Crippen LogP contribution < -0.4 is 21.1 Å². The van der Waals surface area contributed by atoms with Crippen LogP contribution in [0.5, 0.6) is 5.75 Å². The van der Waals surface area contributed by atoms with E-state index in [0.29, 0.717) is 23.7 Å². The number of benzene rings is 2. The summed E-state index contributed by atoms with van der Waals surface area (Å²) in [6.45, 7) is 6.39. The lowest BCUT2D eigenvalue weighted by Crippen LogP contribution is -2.43. The van der Waals surface area contributed by atoms with Gasteiger partial charge in [0.05, 0.1) is 18.4 Å². The van der Waals surface area contributed by atoms with Crippen LogP contribution >= 0.6 is 0 Å². The minimum Gasteiger partial charge on any atom is -0.493 e. The topological polar surface area (TPSA) is 102 Å². The minimum absolute atomic E-state index is 0.0666. The van der Waals surface area contributed by atoms with Crippen LogP contribution in [0, 0.1) is 13.8 Å². The van der Waals surface area contributed by atoms with E-state index in [2.05, 4.69) is 16.0 Å². The van der Waals surface area contributed by atoms with Gasteiger partial charge >= 0.3 is 0 Å². The number of hydrazine groups is 1. The van der Waals surface area contributed by atoms with E-state index >= 15 is 0 Å². The molecule has 2 amide bonds. The third-order valence-electron chi connectivity index (χ3n) is 4.76. The number of carbonyl (C=O) groups excluding carboxylic acids is 2. The van der Waals surface area contributed by atoms with Gasteiger partial charge in [0.2, 0.25) is 5.91 Å². The average Bonchev–Trinajstić information content (AvgIpc) is 2.76. The van der Waals surface area contributed by atoms with Gasteiger partial charge in [-0.25, -0.2) is 4.68 Å². The summed E-state index contributed by atoms with van der Waals surface area (Å²) < 4.78 is 6.94. The highest BCUT2D eigenvalue weighted by molar-refractivity contribution is 6.05. The molecule has 0 radical (unpaired) electrons. The molecular weight excluding hydrogens is 396 g/mol. The molecule has 1 aromatic heterocycles. The molecule has 3 aromatic rings. The van der Waals surface area contributed by atoms with Gasteiger partial charge in [-0.3, -0.25) is 25.2 Å². The predicted octanol–water partition coefficient (Wildman–Crippen LogP) is 2.65. The van der Waals surface area contributed by atoms with E-state index in [-0.39, 0.29) is 24.3 Å². The van der Waals surface area contributed by atoms with Crippen LogP contribution in [-0.4, -0.2) is 28.2 Å². The van der Waals surface area contributed by atoms with E-state index in [9.17, 15) is 14.4 Å². The third kappa shape index (κ3) is 5.28. The number of rotatable bonds is 7. The van der Waals surface area contributed by atoms with Crippen LogP contribution in [0.25, 0.3) is 10.8 Å². The smallest absolute Gasteiger partial charge is 0.290 e. The monoisotopic (exact) mass is 422 g/mol. The van der Waals surface area contributed by atoms with Crippen molar-refractivity contribution in [2.24, 2.45) is 0 Å². The Morgan fingerprint density at radius 1 is 1.06 bits per heavy atom. The molecule has 0 bridgehead atoms. The summed E-state index contributed by atoms with van der Waals surface area (Å²) >= 11 is 0. The van der Waals surface area contributed by atoms with Crippen LogP contribution in [0.4, 0.5) is 0 Å². The molecule has 31 heavy (non-hydrogen) atoms. The molecule has 0 saturated carbocycles. The lowest BCUT2D eigenvalue weighted by Gasteiger charge is -2.12. The largest absolute Gasteiger partial charge is 0.493 e. The molecule has 8 nitrogen and oxygen atoms in total. The number of aromatic nitrogens is 2. The Morgan fingerprint density at radius 3 is 2.55 bits per heavy atom. The molecule has 0 spiro atoms. The van der Waals surface area contributed by atoms with Gasteiger partial charge in [-0.05, 0) is 43.5 Å². The number of ether oxygens (including phenoxy) is 1. The standard InChI is InChI=1S/C23H26N4O4/c1-4-12-27-23(30)18-8-6-5-7-17(18)21(26-27)22(29)25-24-20(28)11-13-31-19-14-15(2)9-10-16(19)3/h5-10,14H,4,11-13H2,1-3H3,(H,24,28)(H,25,29). The molecule has 0 saturated heterocycles. The normalized spacial score (nSPS) is 10.7. The fraction of sp³-hybridized carbons (Fsp3) is 0.304. The fourth-order valence-electron chi connectivity index (χ4n) is 3.13. The predicted molar refractivity (Wildman–Crippen MR) is 118 cm³/mol. The number of amides is 2. The lowest BCUT2D eigenvalue weighted by molar-refractivity contribution is -0.122. The first kappa shape index (κ1) is 22.0. The highest BCUT2D eigenvalue weighted by atomic mass is 16.5. The van der Waals surface area contributed by atoms with Gasteiger partial charge in [0.25, 0.3) is 11.5 Å². The van der Waals surface area contributed by atoms with Crippen molar-refractivity contribution in [1.82, 2.24) is 20.6 Å². The molecule has 3 rings (SSSR count). The number of hydrogen-bond donors (Lipinski definition) is 2. The van der Waals surface area contributed by atoms with E-state index in [1.165, 1.54) is 4.68 Å². The first-order valence-corrected chi connectivity index (χ1v) is 10.2. The zero-order valence-electron chi connectivity index (χ0n) is 17.9. The Balaban J connectivity index is 1.63. The molecule has 162 valence electrons. The summed E-state index contributed by atoms with van der Waals surface area (Å²) in [4.78, 5) is 37.3. The van der Waals surface area contributed by atoms with Crippen LogP contribution in [0.1, 0.15) is 41.4 Å². The number of aryl methyl sites for hydroxylation is 3. The summed E-state index contributed by atoms with van der Waals surface area (Å²) in [5.74, 6) is -0.264. The number of hydrogen-bond acceptors (Lipinski definition) is 5. The number of nitrogens with zero attached hydrogens (tertiary/aromatic N) is 2. The van der Waals surface area contributed by atoms with Gasteiger partial charge in [0, 0.05) is 11.9 Å². The van der Waals surface area contributed by atoms with Gasteiger partial charge in [-0.15, -0.1) is 0 Å². The first-order valence-electron chi connectivity index (χ1n) is 10.2. The summed E-state index contributed by atoms with van der Waals surface area (Å²) in [6, 6.07) is 12.6. The molecule has 0 aliphatic carbocycles. The Morgan fingerprint density at radius 2 is 1.81 bits per heavy atom. The van der Waals surface area contributed by atoms with E-state index in [1.807, 2.05) is 39.0 Å². The van der Waals surface area contributed by atoms with E-state index in [0.717, 1.165) is 16.9 Å². The maximum atomic E-state index is 12.7. The third-order valence-corrected chi connectivity index (χ3v) is 4.76. The molecule has 0 atom stereocenters. The second kappa shape index (κ2) is 9.88. The van der Waals surface area contributed by atoms with Gasteiger partial charge in [0.15, 0.2) is 5.69 Å². The van der Waals surface area contributed by atoms with Crippen molar-refractivity contribution >= 4 is 22.6 Å². The maximum Gasteiger partial charge on any atom is 0.290 e. The Kier molecular flexibility index (Phi) is 7.02. The quantitative estimate of drug-likeness (QED) is 0.570. The van der Waals surface area contributed by atoms with Gasteiger partial charge in [-0.2, -0.15) is 5.10 Å². The minimum atomic E-state index is -0.593. The average molecular weight is 422 g/mol. The second-order valence-corrected chi connectivity index (χ2v) is 7.29. The van der Waals surface area contributed by atoms with Crippen LogP contribution in [0.15, 0.2) is 47.3 Å². The van der Waals surface area contributed by atoms with E-state index < -0.39 is 11.8 Å². The Bertz CT molecular complexity index is 1170. The van der Waals surface area contributed by atoms with Gasteiger partial charge in [0.1, 0.15) is 5.75 Å². The Hall–Kier alpha value is -3.68. The molecule has 1 heterocycles. The van der Waals surface area contributed by atoms with E-state index in [1.54, 1.807) is 24.3 Å². The zero-order valence-corrected chi connectivity index (χ0v) is 17.9. The molecule has 0 aliphatic heterocycles. The molecule has 8 heteroatoms. The van der Waals surface area contributed by atoms with Crippen molar-refractivity contribution in [3.8, 4) is 5.75 Å². The van der Waals surface area contributed by atoms with Crippen molar-refractivity contribution in [2.45, 2.75) is 40.2 Å². The maximum absolute atomic E-state index is 12.7. The molecular formula is C23H26N4O4. The van der Waals surface area contributed by atoms with Crippen molar-refractivity contribution in [3.05, 3.63) is 69.6 Å². The summed E-state index contributed by atoms with van der Waals surface area (Å²) in [5, 5.41) is 5.05. The number of nitrogens with one attached hydrogen (secondary N) is 2. The fourth-order valence-corrected chi connectivity index (χ4v) is 3.13. The van der Waals surface area contributed by atoms with Crippen molar-refractivity contribution in [1.29, 1.82) is 0 Å². The van der Waals surface area contributed by atoms with Gasteiger partial charge in [-0.1, -0.05) is 37.3 Å². The van der Waals surface area contributed by atoms with Gasteiger partial charge < -0.3 is 4.74 Å². The molecule has 0 unspecified atom stereocenters. The van der Waals surface area contributed by atoms with Crippen molar-refractivity contribution < 1.29 is 14.3 Å². The summed E-state index contributed by atoms with van der Waals surface area (Å²) in [5.41, 5.74) is 6.64. The van der Waals surface area contributed by atoms with Crippen LogP contribution in [-0.2, 0) is 11.3 Å². The summed E-state index contributed by atoms with van der Waals surface area (Å²) in [7, 11) is 0. The first-order chi connectivity index (χ1) is 14.9. The summed E-state index contributed by atoms with van der Waals surface area (Å²) in [6.07, 6.45) is 0.765. The van der Waals surface area contributed by atoms with Crippen LogP contribution in [0.2, 0.25) is 0 Å². The molecule has 0 fully saturated rings.